The van der Waals surface area contributed by atoms with Crippen molar-refractivity contribution < 1.29 is 0 Å². The maximum absolute atomic E-state index is 13.8. The van der Waals surface area contributed by atoms with E-state index < -0.39 is 6.04 Å². The van der Waals surface area contributed by atoms with Crippen LogP contribution in [-0.2, 0) is 18.5 Å². The lowest BCUT2D eigenvalue weighted by atomic mass is 9.98. The number of aryl methyl sites for hydroxylation is 1. The van der Waals surface area contributed by atoms with Crippen LogP contribution in [0.25, 0.3) is 10.9 Å². The normalized spacial score (nSPS) is 12.7. The van der Waals surface area contributed by atoms with Gasteiger partial charge in [-0.2, -0.15) is 0 Å². The number of aromatic amines is 1. The van der Waals surface area contributed by atoms with Crippen LogP contribution < -0.4 is 5.56 Å². The summed E-state index contributed by atoms with van der Waals surface area (Å²) in [7, 11) is 0. The Morgan fingerprint density at radius 1 is 0.949 bits per heavy atom. The molecule has 0 fully saturated rings. The fourth-order valence-corrected chi connectivity index (χ4v) is 5.03. The molecule has 2 aromatic heterocycles. The van der Waals surface area contributed by atoms with Crippen molar-refractivity contribution in [3.05, 3.63) is 123 Å². The van der Waals surface area contributed by atoms with E-state index in [1.54, 1.807) is 0 Å². The zero-order valence-electron chi connectivity index (χ0n) is 23.1. The summed E-state index contributed by atoms with van der Waals surface area (Å²) in [6, 6.07) is 28.5. The third-order valence-electron chi connectivity index (χ3n) is 7.62. The molecule has 7 nitrogen and oxygen atoms in total. The van der Waals surface area contributed by atoms with Crippen LogP contribution in [0.5, 0.6) is 0 Å². The van der Waals surface area contributed by atoms with E-state index in [0.717, 1.165) is 34.9 Å². The molecular weight excluding hydrogens is 484 g/mol. The quantitative estimate of drug-likeness (QED) is 0.252. The van der Waals surface area contributed by atoms with E-state index in [1.165, 1.54) is 5.56 Å². The molecule has 1 N–H and O–H groups in total. The Hall–Kier alpha value is -4.10. The maximum atomic E-state index is 13.8. The van der Waals surface area contributed by atoms with Crippen LogP contribution in [0.15, 0.2) is 89.7 Å². The van der Waals surface area contributed by atoms with Gasteiger partial charge in [0.2, 0.25) is 0 Å². The second-order valence-corrected chi connectivity index (χ2v) is 10.9. The van der Waals surface area contributed by atoms with Gasteiger partial charge < -0.3 is 4.98 Å². The average molecular weight is 521 g/mol. The lowest BCUT2D eigenvalue weighted by molar-refractivity contribution is 0.190. The number of nitrogens with one attached hydrogen (secondary N) is 1. The first-order chi connectivity index (χ1) is 18.9. The predicted octanol–water partition coefficient (Wildman–Crippen LogP) is 5.80. The van der Waals surface area contributed by atoms with Crippen LogP contribution in [0.4, 0.5) is 0 Å². The number of pyridine rings is 1. The standard InChI is InChI=1S/C32H36N6O/c1-5-32(3,4)38-30(34-35-36-38)29(27-21-26-20-23(2)16-17-28(26)33-31(27)39)37(22-25-14-10-7-11-15-25)19-18-24-12-8-6-9-13-24/h6-17,20-21,29H,5,18-19,22H2,1-4H3,(H,33,39)/t29-/m1/s1. The minimum Gasteiger partial charge on any atom is -0.322 e. The summed E-state index contributed by atoms with van der Waals surface area (Å²) in [5.41, 5.74) is 4.55. The van der Waals surface area contributed by atoms with Crippen LogP contribution in [0.1, 0.15) is 61.3 Å². The molecule has 2 heterocycles. The molecule has 0 aliphatic rings. The minimum atomic E-state index is -0.455. The highest BCUT2D eigenvalue weighted by atomic mass is 16.1. The van der Waals surface area contributed by atoms with E-state index in [0.29, 0.717) is 24.5 Å². The second kappa shape index (κ2) is 11.3. The van der Waals surface area contributed by atoms with Gasteiger partial charge in [-0.1, -0.05) is 79.2 Å². The van der Waals surface area contributed by atoms with Gasteiger partial charge in [0.15, 0.2) is 5.82 Å². The first kappa shape index (κ1) is 26.5. The van der Waals surface area contributed by atoms with Crippen molar-refractivity contribution in [3.8, 4) is 0 Å². The zero-order chi connectivity index (χ0) is 27.4. The number of hydrogen-bond donors (Lipinski definition) is 1. The molecule has 7 heteroatoms. The van der Waals surface area contributed by atoms with Crippen LogP contribution in [0.2, 0.25) is 0 Å². The molecule has 0 spiro atoms. The molecule has 5 aromatic rings. The third kappa shape index (κ3) is 5.83. The molecule has 200 valence electrons. The van der Waals surface area contributed by atoms with Gasteiger partial charge in [0.25, 0.3) is 5.56 Å². The Balaban J connectivity index is 1.69. The summed E-state index contributed by atoms with van der Waals surface area (Å²) in [5, 5.41) is 14.1. The van der Waals surface area contributed by atoms with E-state index in [1.807, 2.05) is 35.0 Å². The largest absolute Gasteiger partial charge is 0.322 e. The zero-order valence-corrected chi connectivity index (χ0v) is 23.1. The number of rotatable bonds is 10. The minimum absolute atomic E-state index is 0.127. The lowest BCUT2D eigenvalue weighted by Gasteiger charge is -2.33. The van der Waals surface area contributed by atoms with Crippen molar-refractivity contribution in [3.63, 3.8) is 0 Å². The van der Waals surface area contributed by atoms with E-state index in [2.05, 4.69) is 108 Å². The fraction of sp³-hybridized carbons (Fsp3) is 0.312. The Morgan fingerprint density at radius 3 is 2.33 bits per heavy atom. The molecule has 1 atom stereocenters. The Morgan fingerprint density at radius 2 is 1.64 bits per heavy atom. The van der Waals surface area contributed by atoms with Gasteiger partial charge in [0.05, 0.1) is 5.54 Å². The fourth-order valence-electron chi connectivity index (χ4n) is 5.03. The first-order valence-electron chi connectivity index (χ1n) is 13.6. The van der Waals surface area contributed by atoms with Crippen molar-refractivity contribution in [2.24, 2.45) is 0 Å². The summed E-state index contributed by atoms with van der Waals surface area (Å²) < 4.78 is 1.90. The molecule has 0 bridgehead atoms. The van der Waals surface area contributed by atoms with Crippen molar-refractivity contribution >= 4 is 10.9 Å². The Kier molecular flexibility index (Phi) is 7.70. The van der Waals surface area contributed by atoms with E-state index in [9.17, 15) is 4.79 Å². The van der Waals surface area contributed by atoms with E-state index in [-0.39, 0.29) is 11.1 Å². The van der Waals surface area contributed by atoms with Gasteiger partial charge in [-0.15, -0.1) is 5.10 Å². The van der Waals surface area contributed by atoms with Gasteiger partial charge in [-0.25, -0.2) is 4.68 Å². The molecule has 0 radical (unpaired) electrons. The average Bonchev–Trinajstić information content (AvgIpc) is 3.44. The summed E-state index contributed by atoms with van der Waals surface area (Å²) in [6.07, 6.45) is 1.67. The molecule has 3 aromatic carbocycles. The van der Waals surface area contributed by atoms with E-state index >= 15 is 0 Å². The van der Waals surface area contributed by atoms with Gasteiger partial charge in [-0.3, -0.25) is 9.69 Å². The molecule has 0 aliphatic carbocycles. The molecular formula is C32H36N6O. The summed E-state index contributed by atoms with van der Waals surface area (Å²) in [6.45, 7) is 9.81. The Labute approximate surface area is 229 Å². The number of hydrogen-bond acceptors (Lipinski definition) is 5. The monoisotopic (exact) mass is 520 g/mol. The summed E-state index contributed by atoms with van der Waals surface area (Å²) >= 11 is 0. The number of fused-ring (bicyclic) bond motifs is 1. The van der Waals surface area contributed by atoms with Crippen molar-refractivity contribution in [1.82, 2.24) is 30.1 Å². The van der Waals surface area contributed by atoms with Gasteiger partial charge in [-0.05, 0) is 78.8 Å². The second-order valence-electron chi connectivity index (χ2n) is 10.9. The smallest absolute Gasteiger partial charge is 0.253 e. The number of aromatic nitrogens is 5. The van der Waals surface area contributed by atoms with Crippen molar-refractivity contribution in [1.29, 1.82) is 0 Å². The molecule has 5 rings (SSSR count). The summed E-state index contributed by atoms with van der Waals surface area (Å²) in [4.78, 5) is 19.2. The van der Waals surface area contributed by atoms with Gasteiger partial charge in [0.1, 0.15) is 6.04 Å². The number of H-pyrrole nitrogens is 1. The van der Waals surface area contributed by atoms with Gasteiger partial charge in [0, 0.05) is 24.2 Å². The lowest BCUT2D eigenvalue weighted by Crippen LogP contribution is -2.39. The topological polar surface area (TPSA) is 79.7 Å². The first-order valence-corrected chi connectivity index (χ1v) is 13.6. The Bertz CT molecular complexity index is 1590. The molecule has 0 amide bonds. The number of tetrazole rings is 1. The van der Waals surface area contributed by atoms with Crippen molar-refractivity contribution in [2.75, 3.05) is 6.54 Å². The highest BCUT2D eigenvalue weighted by molar-refractivity contribution is 5.79. The molecule has 0 unspecified atom stereocenters. The SMILES string of the molecule is CCC(C)(C)n1nnnc1[C@@H](c1cc2cc(C)ccc2[nH]c1=O)N(CCc1ccccc1)Cc1ccccc1. The maximum Gasteiger partial charge on any atom is 0.253 e. The van der Waals surface area contributed by atoms with Crippen LogP contribution in [-0.4, -0.2) is 36.6 Å². The number of nitrogens with zero attached hydrogens (tertiary/aromatic N) is 5. The highest BCUT2D eigenvalue weighted by Crippen LogP contribution is 2.32. The predicted molar refractivity (Wildman–Crippen MR) is 156 cm³/mol. The molecule has 39 heavy (non-hydrogen) atoms. The van der Waals surface area contributed by atoms with Crippen molar-refractivity contribution in [2.45, 2.75) is 58.7 Å². The van der Waals surface area contributed by atoms with Gasteiger partial charge >= 0.3 is 0 Å². The number of benzene rings is 3. The molecule has 0 saturated carbocycles. The van der Waals surface area contributed by atoms with Crippen LogP contribution in [0.3, 0.4) is 0 Å². The molecule has 0 aliphatic heterocycles. The third-order valence-corrected chi connectivity index (χ3v) is 7.62. The van der Waals surface area contributed by atoms with Crippen LogP contribution in [0, 0.1) is 6.92 Å². The van der Waals surface area contributed by atoms with Crippen LogP contribution >= 0.6 is 0 Å². The summed E-state index contributed by atoms with van der Waals surface area (Å²) in [5.74, 6) is 0.670. The molecule has 0 saturated heterocycles. The highest BCUT2D eigenvalue weighted by Gasteiger charge is 2.34. The van der Waals surface area contributed by atoms with E-state index in [4.69, 9.17) is 0 Å².